The Morgan fingerprint density at radius 2 is 1.82 bits per heavy atom. The van der Waals surface area contributed by atoms with Gasteiger partial charge in [0.05, 0.1) is 31.4 Å². The van der Waals surface area contributed by atoms with E-state index in [-0.39, 0.29) is 0 Å². The number of halogens is 4. The maximum Gasteiger partial charge on any atom is 0.419 e. The Morgan fingerprint density at radius 3 is 2.23 bits per heavy atom. The van der Waals surface area contributed by atoms with Crippen LogP contribution >= 0.6 is 0 Å². The van der Waals surface area contributed by atoms with Gasteiger partial charge in [-0.2, -0.15) is 18.4 Å². The van der Waals surface area contributed by atoms with Crippen molar-refractivity contribution < 1.29 is 36.6 Å². The number of carbonyl (C=O) groups excluding carboxylic acids is 2. The van der Waals surface area contributed by atoms with Crippen LogP contribution in [0.2, 0.25) is 0 Å². The van der Waals surface area contributed by atoms with Crippen LogP contribution in [0.4, 0.5) is 17.6 Å². The zero-order chi connectivity index (χ0) is 17.1. The van der Waals surface area contributed by atoms with E-state index < -0.39 is 46.5 Å². The predicted octanol–water partition coefficient (Wildman–Crippen LogP) is 2.41. The summed E-state index contributed by atoms with van der Waals surface area (Å²) < 4.78 is 61.0. The van der Waals surface area contributed by atoms with Crippen LogP contribution in [0.1, 0.15) is 27.4 Å². The number of rotatable bonds is 3. The first-order chi connectivity index (χ1) is 10.2. The Balaban J connectivity index is 3.72. The molecule has 0 heterocycles. The van der Waals surface area contributed by atoms with Gasteiger partial charge in [-0.3, -0.25) is 4.79 Å². The molecule has 1 atom stereocenters. The lowest BCUT2D eigenvalue weighted by Crippen LogP contribution is -2.21. The van der Waals surface area contributed by atoms with Gasteiger partial charge in [0.25, 0.3) is 0 Å². The SMILES string of the molecule is COC(=O)c1ccc(C(F)(F)F)c(F)c1C(C#N)C(=O)OC. The highest BCUT2D eigenvalue weighted by Gasteiger charge is 2.39. The molecule has 5 nitrogen and oxygen atoms in total. The number of alkyl halides is 3. The first-order valence-corrected chi connectivity index (χ1v) is 5.64. The van der Waals surface area contributed by atoms with Crippen LogP contribution in [0.5, 0.6) is 0 Å². The van der Waals surface area contributed by atoms with Crippen LogP contribution in [0.25, 0.3) is 0 Å². The quantitative estimate of drug-likeness (QED) is 0.631. The average molecular weight is 319 g/mol. The minimum Gasteiger partial charge on any atom is -0.468 e. The molecule has 0 amide bonds. The molecular weight excluding hydrogens is 310 g/mol. The molecule has 0 saturated heterocycles. The molecule has 0 saturated carbocycles. The number of carbonyl (C=O) groups is 2. The van der Waals surface area contributed by atoms with Gasteiger partial charge in [-0.15, -0.1) is 0 Å². The maximum atomic E-state index is 14.2. The number of methoxy groups -OCH3 is 2. The normalized spacial score (nSPS) is 12.2. The van der Waals surface area contributed by atoms with Crippen LogP contribution < -0.4 is 0 Å². The first kappa shape index (κ1) is 17.4. The number of ether oxygens (including phenoxy) is 2. The molecule has 9 heteroatoms. The van der Waals surface area contributed by atoms with E-state index in [9.17, 15) is 27.2 Å². The predicted molar refractivity (Wildman–Crippen MR) is 63.1 cm³/mol. The van der Waals surface area contributed by atoms with Crippen molar-refractivity contribution in [3.8, 4) is 6.07 Å². The molecule has 0 aromatic heterocycles. The Bertz CT molecular complexity index is 649. The smallest absolute Gasteiger partial charge is 0.419 e. The summed E-state index contributed by atoms with van der Waals surface area (Å²) in [6.45, 7) is 0. The number of hydrogen-bond acceptors (Lipinski definition) is 5. The molecule has 0 spiro atoms. The van der Waals surface area contributed by atoms with E-state index in [1.54, 1.807) is 0 Å². The highest BCUT2D eigenvalue weighted by molar-refractivity contribution is 5.94. The van der Waals surface area contributed by atoms with Gasteiger partial charge in [0.1, 0.15) is 5.82 Å². The molecule has 118 valence electrons. The van der Waals surface area contributed by atoms with Gasteiger partial charge in [-0.25, -0.2) is 9.18 Å². The van der Waals surface area contributed by atoms with Crippen LogP contribution in [0.15, 0.2) is 12.1 Å². The molecule has 0 fully saturated rings. The summed E-state index contributed by atoms with van der Waals surface area (Å²) in [6.07, 6.45) is -5.07. The summed E-state index contributed by atoms with van der Waals surface area (Å²) in [5, 5.41) is 8.93. The van der Waals surface area contributed by atoms with Crippen LogP contribution in [-0.4, -0.2) is 26.2 Å². The van der Waals surface area contributed by atoms with Crippen LogP contribution in [0, 0.1) is 17.1 Å². The molecular formula is C13H9F4NO4. The lowest BCUT2D eigenvalue weighted by molar-refractivity contribution is -0.142. The second kappa shape index (κ2) is 6.43. The number of esters is 2. The molecule has 1 rings (SSSR count). The topological polar surface area (TPSA) is 76.4 Å². The molecule has 1 unspecified atom stereocenters. The Hall–Kier alpha value is -2.63. The molecule has 0 bridgehead atoms. The maximum absolute atomic E-state index is 14.2. The first-order valence-electron chi connectivity index (χ1n) is 5.64. The van der Waals surface area contributed by atoms with Crippen molar-refractivity contribution in [2.75, 3.05) is 14.2 Å². The summed E-state index contributed by atoms with van der Waals surface area (Å²) in [4.78, 5) is 23.0. The monoisotopic (exact) mass is 319 g/mol. The summed E-state index contributed by atoms with van der Waals surface area (Å²) in [5.74, 6) is -6.42. The van der Waals surface area contributed by atoms with E-state index in [0.717, 1.165) is 14.2 Å². The fourth-order valence-electron chi connectivity index (χ4n) is 1.73. The van der Waals surface area contributed by atoms with E-state index in [0.29, 0.717) is 12.1 Å². The average Bonchev–Trinajstić information content (AvgIpc) is 2.46. The van der Waals surface area contributed by atoms with Gasteiger partial charge in [-0.05, 0) is 12.1 Å². The van der Waals surface area contributed by atoms with Gasteiger partial charge in [0.15, 0.2) is 5.92 Å². The number of hydrogen-bond donors (Lipinski definition) is 0. The summed E-state index contributed by atoms with van der Waals surface area (Å²) >= 11 is 0. The molecule has 0 aliphatic rings. The van der Waals surface area contributed by atoms with Crippen molar-refractivity contribution in [1.82, 2.24) is 0 Å². The third-order valence-corrected chi connectivity index (χ3v) is 2.75. The summed E-state index contributed by atoms with van der Waals surface area (Å²) in [5.41, 5.74) is -3.40. The van der Waals surface area contributed by atoms with Crippen molar-refractivity contribution in [3.05, 3.63) is 34.6 Å². The molecule has 1 aromatic rings. The van der Waals surface area contributed by atoms with Gasteiger partial charge in [-0.1, -0.05) is 0 Å². The van der Waals surface area contributed by atoms with E-state index >= 15 is 0 Å². The fraction of sp³-hybridized carbons (Fsp3) is 0.308. The molecule has 22 heavy (non-hydrogen) atoms. The van der Waals surface area contributed by atoms with E-state index in [4.69, 9.17) is 5.26 Å². The lowest BCUT2D eigenvalue weighted by atomic mass is 9.92. The second-order valence-electron chi connectivity index (χ2n) is 3.96. The van der Waals surface area contributed by atoms with Crippen molar-refractivity contribution in [2.24, 2.45) is 0 Å². The second-order valence-corrected chi connectivity index (χ2v) is 3.96. The third kappa shape index (κ3) is 3.16. The summed E-state index contributed by atoms with van der Waals surface area (Å²) in [6, 6.07) is 2.29. The van der Waals surface area contributed by atoms with Crippen molar-refractivity contribution in [2.45, 2.75) is 12.1 Å². The van der Waals surface area contributed by atoms with Gasteiger partial charge >= 0.3 is 18.1 Å². The number of nitriles is 1. The molecule has 0 aliphatic heterocycles. The largest absolute Gasteiger partial charge is 0.468 e. The Labute approximate surface area is 122 Å². The molecule has 0 radical (unpaired) electrons. The highest BCUT2D eigenvalue weighted by atomic mass is 19.4. The van der Waals surface area contributed by atoms with Crippen molar-refractivity contribution in [3.63, 3.8) is 0 Å². The third-order valence-electron chi connectivity index (χ3n) is 2.75. The lowest BCUT2D eigenvalue weighted by Gasteiger charge is -2.16. The van der Waals surface area contributed by atoms with Crippen molar-refractivity contribution in [1.29, 1.82) is 5.26 Å². The molecule has 0 aliphatic carbocycles. The minimum absolute atomic E-state index is 0.330. The Morgan fingerprint density at radius 1 is 1.23 bits per heavy atom. The standard InChI is InChI=1S/C13H9F4NO4/c1-21-11(19)6-3-4-8(13(15,16)17)10(14)9(6)7(5-18)12(20)22-2/h3-4,7H,1-2H3. The van der Waals surface area contributed by atoms with Gasteiger partial charge in [0, 0.05) is 5.56 Å². The number of benzene rings is 1. The number of nitrogens with zero attached hydrogens (tertiary/aromatic N) is 1. The minimum atomic E-state index is -5.07. The zero-order valence-corrected chi connectivity index (χ0v) is 11.3. The van der Waals surface area contributed by atoms with Crippen molar-refractivity contribution >= 4 is 11.9 Å². The van der Waals surface area contributed by atoms with E-state index in [2.05, 4.69) is 9.47 Å². The van der Waals surface area contributed by atoms with Crippen LogP contribution in [0.3, 0.4) is 0 Å². The zero-order valence-electron chi connectivity index (χ0n) is 11.3. The fourth-order valence-corrected chi connectivity index (χ4v) is 1.73. The van der Waals surface area contributed by atoms with Gasteiger partial charge < -0.3 is 9.47 Å². The molecule has 0 N–H and O–H groups in total. The summed E-state index contributed by atoms with van der Waals surface area (Å²) in [7, 11) is 1.79. The van der Waals surface area contributed by atoms with Gasteiger partial charge in [0.2, 0.25) is 0 Å². The highest BCUT2D eigenvalue weighted by Crippen LogP contribution is 2.36. The van der Waals surface area contributed by atoms with E-state index in [1.165, 1.54) is 6.07 Å². The molecule has 1 aromatic carbocycles. The Kier molecular flexibility index (Phi) is 5.09. The van der Waals surface area contributed by atoms with E-state index in [1.807, 2.05) is 0 Å². The van der Waals surface area contributed by atoms with Crippen LogP contribution in [-0.2, 0) is 20.4 Å².